The number of halogens is 1. The van der Waals surface area contributed by atoms with Gasteiger partial charge in [-0.25, -0.2) is 14.3 Å². The molecule has 0 radical (unpaired) electrons. The van der Waals surface area contributed by atoms with E-state index in [4.69, 9.17) is 4.74 Å². The Balaban J connectivity index is 2.07. The number of aromatic amines is 1. The van der Waals surface area contributed by atoms with E-state index in [1.807, 2.05) is 6.07 Å². The summed E-state index contributed by atoms with van der Waals surface area (Å²) >= 11 is 3.38. The fraction of sp³-hybridized carbons (Fsp3) is 0.400. The Morgan fingerprint density at radius 1 is 1.56 bits per heavy atom. The smallest absolute Gasteiger partial charge is 0.350 e. The molecule has 16 heavy (non-hydrogen) atoms. The van der Waals surface area contributed by atoms with E-state index >= 15 is 0 Å². The van der Waals surface area contributed by atoms with Crippen molar-refractivity contribution in [2.24, 2.45) is 5.92 Å². The van der Waals surface area contributed by atoms with Crippen LogP contribution in [-0.2, 0) is 0 Å². The molecule has 6 heteroatoms. The number of nitrogens with zero attached hydrogens (tertiary/aromatic N) is 2. The number of pyridine rings is 1. The lowest BCUT2D eigenvalue weighted by Crippen LogP contribution is -2.14. The standard InChI is InChI=1S/C10H10BrN3O2/c11-7-3-4-8-12-13-10(15)14(8)9(7)16-5-6-1-2-6/h3-4,6H,1-2,5H2,(H,13,15). The van der Waals surface area contributed by atoms with Crippen molar-refractivity contribution >= 4 is 21.6 Å². The number of nitrogens with one attached hydrogen (secondary N) is 1. The van der Waals surface area contributed by atoms with Gasteiger partial charge < -0.3 is 4.74 Å². The Labute approximate surface area is 99.6 Å². The number of H-pyrrole nitrogens is 1. The maximum Gasteiger partial charge on any atom is 0.350 e. The van der Waals surface area contributed by atoms with Crippen molar-refractivity contribution in [3.05, 3.63) is 27.1 Å². The molecule has 3 rings (SSSR count). The highest BCUT2D eigenvalue weighted by molar-refractivity contribution is 9.10. The van der Waals surface area contributed by atoms with E-state index in [1.54, 1.807) is 6.07 Å². The van der Waals surface area contributed by atoms with Crippen molar-refractivity contribution in [2.75, 3.05) is 6.61 Å². The van der Waals surface area contributed by atoms with Gasteiger partial charge >= 0.3 is 5.69 Å². The van der Waals surface area contributed by atoms with Crippen LogP contribution in [0.25, 0.3) is 5.65 Å². The molecule has 1 fully saturated rings. The molecule has 0 unspecified atom stereocenters. The zero-order valence-corrected chi connectivity index (χ0v) is 10.0. The van der Waals surface area contributed by atoms with Gasteiger partial charge in [-0.15, -0.1) is 0 Å². The maximum absolute atomic E-state index is 11.6. The van der Waals surface area contributed by atoms with E-state index in [2.05, 4.69) is 26.1 Å². The highest BCUT2D eigenvalue weighted by atomic mass is 79.9. The molecule has 0 aliphatic heterocycles. The summed E-state index contributed by atoms with van der Waals surface area (Å²) in [6.45, 7) is 0.662. The SMILES string of the molecule is O=c1[nH]nc2ccc(Br)c(OCC3CC3)n12. The predicted octanol–water partition coefficient (Wildman–Crippen LogP) is 1.57. The van der Waals surface area contributed by atoms with Crippen molar-refractivity contribution in [2.45, 2.75) is 12.8 Å². The quantitative estimate of drug-likeness (QED) is 0.930. The van der Waals surface area contributed by atoms with Crippen LogP contribution in [0.3, 0.4) is 0 Å². The van der Waals surface area contributed by atoms with Gasteiger partial charge in [-0.2, -0.15) is 5.10 Å². The molecule has 5 nitrogen and oxygen atoms in total. The molecule has 2 aromatic rings. The Bertz CT molecular complexity index is 585. The van der Waals surface area contributed by atoms with Crippen LogP contribution in [0.15, 0.2) is 21.4 Å². The van der Waals surface area contributed by atoms with E-state index in [9.17, 15) is 4.79 Å². The average molecular weight is 284 g/mol. The first-order chi connectivity index (χ1) is 7.75. The van der Waals surface area contributed by atoms with Gasteiger partial charge in [0, 0.05) is 0 Å². The second-order valence-electron chi connectivity index (χ2n) is 3.96. The van der Waals surface area contributed by atoms with Crippen LogP contribution in [0.4, 0.5) is 0 Å². The van der Waals surface area contributed by atoms with Gasteiger partial charge in [0.1, 0.15) is 0 Å². The molecule has 0 atom stereocenters. The third kappa shape index (κ3) is 1.63. The zero-order valence-electron chi connectivity index (χ0n) is 8.44. The summed E-state index contributed by atoms with van der Waals surface area (Å²) in [5.41, 5.74) is 0.293. The minimum absolute atomic E-state index is 0.276. The first kappa shape index (κ1) is 9.89. The van der Waals surface area contributed by atoms with Crippen LogP contribution in [0.1, 0.15) is 12.8 Å². The van der Waals surface area contributed by atoms with Crippen molar-refractivity contribution < 1.29 is 4.74 Å². The van der Waals surface area contributed by atoms with Gasteiger partial charge in [-0.1, -0.05) is 0 Å². The van der Waals surface area contributed by atoms with Crippen LogP contribution in [0.5, 0.6) is 5.88 Å². The minimum atomic E-state index is -0.276. The van der Waals surface area contributed by atoms with Crippen LogP contribution in [-0.4, -0.2) is 21.2 Å². The van der Waals surface area contributed by atoms with Gasteiger partial charge in [0.25, 0.3) is 0 Å². The largest absolute Gasteiger partial charge is 0.477 e. The van der Waals surface area contributed by atoms with Crippen molar-refractivity contribution in [1.82, 2.24) is 14.6 Å². The van der Waals surface area contributed by atoms with Crippen LogP contribution in [0, 0.1) is 5.92 Å². The number of aromatic nitrogens is 3. The number of ether oxygens (including phenoxy) is 1. The molecule has 0 saturated heterocycles. The van der Waals surface area contributed by atoms with Crippen LogP contribution < -0.4 is 10.4 Å². The lowest BCUT2D eigenvalue weighted by atomic mass is 10.4. The highest BCUT2D eigenvalue weighted by Crippen LogP contribution is 2.31. The third-order valence-electron chi connectivity index (χ3n) is 2.64. The number of hydrogen-bond acceptors (Lipinski definition) is 3. The van der Waals surface area contributed by atoms with E-state index in [1.165, 1.54) is 17.2 Å². The fourth-order valence-electron chi connectivity index (χ4n) is 1.56. The van der Waals surface area contributed by atoms with Crippen molar-refractivity contribution in [3.63, 3.8) is 0 Å². The van der Waals surface area contributed by atoms with Crippen molar-refractivity contribution in [1.29, 1.82) is 0 Å². The van der Waals surface area contributed by atoms with Gasteiger partial charge in [0.15, 0.2) is 5.65 Å². The van der Waals surface area contributed by atoms with E-state index in [0.717, 1.165) is 4.47 Å². The zero-order chi connectivity index (χ0) is 11.1. The summed E-state index contributed by atoms with van der Waals surface area (Å²) in [6, 6.07) is 3.59. The first-order valence-electron chi connectivity index (χ1n) is 5.14. The minimum Gasteiger partial charge on any atom is -0.477 e. The van der Waals surface area contributed by atoms with E-state index < -0.39 is 0 Å². The lowest BCUT2D eigenvalue weighted by molar-refractivity contribution is 0.282. The lowest BCUT2D eigenvalue weighted by Gasteiger charge is -2.08. The molecular weight excluding hydrogens is 274 g/mol. The van der Waals surface area contributed by atoms with E-state index in [-0.39, 0.29) is 5.69 Å². The van der Waals surface area contributed by atoms with Gasteiger partial charge in [0.05, 0.1) is 11.1 Å². The third-order valence-corrected chi connectivity index (χ3v) is 3.24. The summed E-state index contributed by atoms with van der Waals surface area (Å²) in [6.07, 6.45) is 2.43. The molecular formula is C10H10BrN3O2. The molecule has 0 bridgehead atoms. The Kier molecular flexibility index (Phi) is 2.24. The molecule has 0 aromatic carbocycles. The second kappa shape index (κ2) is 3.62. The summed E-state index contributed by atoms with van der Waals surface area (Å²) in [5.74, 6) is 1.17. The summed E-state index contributed by atoms with van der Waals surface area (Å²) in [7, 11) is 0. The van der Waals surface area contributed by atoms with E-state index in [0.29, 0.717) is 24.1 Å². The molecule has 1 N–H and O–H groups in total. The summed E-state index contributed by atoms with van der Waals surface area (Å²) in [4.78, 5) is 11.6. The highest BCUT2D eigenvalue weighted by Gasteiger charge is 2.23. The van der Waals surface area contributed by atoms with Gasteiger partial charge in [0.2, 0.25) is 5.88 Å². The molecule has 1 aliphatic rings. The molecule has 1 aliphatic carbocycles. The molecule has 1 saturated carbocycles. The summed E-state index contributed by atoms with van der Waals surface area (Å²) < 4.78 is 7.87. The van der Waals surface area contributed by atoms with Crippen molar-refractivity contribution in [3.8, 4) is 5.88 Å². The predicted molar refractivity (Wildman–Crippen MR) is 61.7 cm³/mol. The average Bonchev–Trinajstić information content (AvgIpc) is 3.02. The van der Waals surface area contributed by atoms with Crippen LogP contribution >= 0.6 is 15.9 Å². The number of hydrogen-bond donors (Lipinski definition) is 1. The summed E-state index contributed by atoms with van der Waals surface area (Å²) in [5, 5.41) is 6.29. The second-order valence-corrected chi connectivity index (χ2v) is 4.82. The van der Waals surface area contributed by atoms with Gasteiger partial charge in [-0.3, -0.25) is 0 Å². The molecule has 2 heterocycles. The van der Waals surface area contributed by atoms with Gasteiger partial charge in [-0.05, 0) is 46.8 Å². The number of fused-ring (bicyclic) bond motifs is 1. The monoisotopic (exact) mass is 283 g/mol. The topological polar surface area (TPSA) is 59.4 Å². The molecule has 84 valence electrons. The number of rotatable bonds is 3. The molecule has 2 aromatic heterocycles. The first-order valence-corrected chi connectivity index (χ1v) is 5.93. The van der Waals surface area contributed by atoms with Crippen LogP contribution in [0.2, 0.25) is 0 Å². The molecule has 0 spiro atoms. The Morgan fingerprint density at radius 3 is 3.12 bits per heavy atom. The Hall–Kier alpha value is -1.30. The maximum atomic E-state index is 11.6. The fourth-order valence-corrected chi connectivity index (χ4v) is 1.98. The molecule has 0 amide bonds. The normalized spacial score (nSPS) is 15.6. The Morgan fingerprint density at radius 2 is 2.38 bits per heavy atom.